The van der Waals surface area contributed by atoms with E-state index in [0.29, 0.717) is 48.6 Å². The molecule has 12 rings (SSSR count). The number of hydrogen-bond donors (Lipinski definition) is 6. The van der Waals surface area contributed by atoms with Crippen molar-refractivity contribution in [2.24, 2.45) is 23.2 Å². The first-order chi connectivity index (χ1) is 41.0. The third-order valence-electron chi connectivity index (χ3n) is 18.6. The van der Waals surface area contributed by atoms with Gasteiger partial charge >= 0.3 is 12.0 Å². The number of para-hydroxylation sites is 2. The molecule has 5 aromatic rings. The summed E-state index contributed by atoms with van der Waals surface area (Å²) in [5.74, 6) is 0.719. The van der Waals surface area contributed by atoms with E-state index in [-0.39, 0.29) is 35.5 Å². The molecule has 4 fully saturated rings. The third kappa shape index (κ3) is 13.4. The topological polar surface area (TPSA) is 225 Å². The number of phenolic OH excluding ortho intramolecular Hbond substituents is 2. The summed E-state index contributed by atoms with van der Waals surface area (Å²) >= 11 is 1.87. The molecule has 18 heteroatoms. The molecule has 86 heavy (non-hydrogen) atoms. The number of carbonyl (C=O) groups is 5. The summed E-state index contributed by atoms with van der Waals surface area (Å²) in [4.78, 5) is 73.4. The maximum Gasteiger partial charge on any atom is 0.337 e. The molecule has 2 saturated heterocycles. The van der Waals surface area contributed by atoms with E-state index in [1.165, 1.54) is 64.1 Å². The number of urea groups is 1. The number of ketones is 1. The van der Waals surface area contributed by atoms with E-state index >= 15 is 0 Å². The van der Waals surface area contributed by atoms with Crippen molar-refractivity contribution in [3.8, 4) is 17.2 Å². The number of likely N-dealkylation sites (tertiary alicyclic amines) is 1. The number of aromatic hydroxyl groups is 2. The van der Waals surface area contributed by atoms with Crippen LogP contribution in [0.3, 0.4) is 0 Å². The quantitative estimate of drug-likeness (QED) is 0.0423. The van der Waals surface area contributed by atoms with Gasteiger partial charge in [0.15, 0.2) is 23.4 Å². The van der Waals surface area contributed by atoms with Crippen LogP contribution in [0.4, 0.5) is 16.2 Å². The Morgan fingerprint density at radius 1 is 0.872 bits per heavy atom. The molecular weight excluding hydrogens is 1110 g/mol. The normalized spacial score (nSPS) is 23.1. The molecule has 3 aliphatic carbocycles. The lowest BCUT2D eigenvalue weighted by molar-refractivity contribution is -0.188. The van der Waals surface area contributed by atoms with Crippen molar-refractivity contribution < 1.29 is 49.1 Å². The van der Waals surface area contributed by atoms with Crippen molar-refractivity contribution in [1.82, 2.24) is 30.3 Å². The van der Waals surface area contributed by atoms with Gasteiger partial charge in [-0.05, 0) is 176 Å². The number of aliphatic hydroxyl groups is 1. The van der Waals surface area contributed by atoms with Crippen LogP contribution in [-0.4, -0.2) is 148 Å². The molecule has 4 aliphatic heterocycles. The number of ether oxygens (including phenoxy) is 1. The van der Waals surface area contributed by atoms with Crippen molar-refractivity contribution in [3.63, 3.8) is 0 Å². The van der Waals surface area contributed by atoms with Crippen LogP contribution in [0, 0.1) is 23.2 Å². The molecule has 1 aromatic heterocycles. The van der Waals surface area contributed by atoms with Crippen molar-refractivity contribution in [2.75, 3.05) is 59.3 Å². The number of aromatic carboxylic acids is 1. The van der Waals surface area contributed by atoms with Crippen LogP contribution in [0.2, 0.25) is 0 Å². The second-order valence-corrected chi connectivity index (χ2v) is 25.7. The third-order valence-corrected chi connectivity index (χ3v) is 19.7. The minimum atomic E-state index is -1.20. The number of piperidine rings is 1. The fraction of sp³-hybridized carbons (Fsp3) is 0.471. The molecule has 2 unspecified atom stereocenters. The highest BCUT2D eigenvalue weighted by Gasteiger charge is 2.73. The fourth-order valence-electron chi connectivity index (χ4n) is 13.6. The number of anilines is 2. The number of carbonyl (C=O) groups excluding carboxylic acids is 4. The lowest BCUT2D eigenvalue weighted by Gasteiger charge is -2.62. The number of barbiturate groups is 1. The van der Waals surface area contributed by atoms with Gasteiger partial charge in [-0.15, -0.1) is 6.58 Å². The van der Waals surface area contributed by atoms with Gasteiger partial charge in [-0.2, -0.15) is 0 Å². The predicted molar refractivity (Wildman–Crippen MR) is 335 cm³/mol. The van der Waals surface area contributed by atoms with Gasteiger partial charge in [0.05, 0.1) is 28.0 Å². The lowest BCUT2D eigenvalue weighted by atomic mass is 9.49. The Kier molecular flexibility index (Phi) is 20.9. The Bertz CT molecular complexity index is 3180. The number of phenols is 2. The molecule has 460 valence electrons. The summed E-state index contributed by atoms with van der Waals surface area (Å²) in [5.41, 5.74) is 3.36. The average molecular weight is 1190 g/mol. The zero-order valence-electron chi connectivity index (χ0n) is 51.3. The Labute approximate surface area is 511 Å². The van der Waals surface area contributed by atoms with Crippen LogP contribution < -0.4 is 20.3 Å². The summed E-state index contributed by atoms with van der Waals surface area (Å²) in [6.45, 7) is 18.1. The number of carboxylic acid groups (broad SMARTS) is 1. The first-order valence-corrected chi connectivity index (χ1v) is 31.0. The number of fused-ring (bicyclic) bond motifs is 2. The zero-order chi connectivity index (χ0) is 62.3. The number of Topliss-reactive ketones (excluding diaryl/α,β-unsaturated/α-hetero) is 1. The number of nitrogens with zero attached hydrogens (tertiary/aromatic N) is 5. The predicted octanol–water partition coefficient (Wildman–Crippen LogP) is 10.6. The standard InChI is InChI=1S/C20H23NO4.C17H20N2S.C14H23NO.C11H16N2O3.C6H5NO2/c22-13-4-3-12-9-15-20(24)6-5-14(23)18-19(20,16(12)17(13)25-18)7-8-21(15)10-11-1-2-11;1-13(18(2)3)12-19-14-8-4-6-10-16(14)20-17-11-7-5-9-15(17)19;1-5-14(11(2)10-15(3)4)12-7-6-8-13(16)9-12;1-4-6-11(7(3)5-2)8(14)12-10(16)13-9(11)15;8-6(9)5-2-1-3-7-4-5/h3-4,11,15,18,22,24H,1-2,5-10H2;4-11,13H,12H2,1-3H3;6-9,11,14,16H,5,10H2,1-4H3;4,7H,1,5-6H2,2-3H3,(H2,12,13,14,15,16);1-4H,(H,8,9)/t15-,18+,19+,20-;;11-,14+;;/m1.0../s1. The molecule has 4 amide bonds. The number of nitrogens with one attached hydrogen (secondary N) is 2. The van der Waals surface area contributed by atoms with Crippen molar-refractivity contribution in [2.45, 2.75) is 137 Å². The molecule has 7 aliphatic rings. The Balaban J connectivity index is 0.000000145. The van der Waals surface area contributed by atoms with Gasteiger partial charge in [-0.1, -0.05) is 94.4 Å². The number of pyridine rings is 1. The highest BCUT2D eigenvalue weighted by molar-refractivity contribution is 7.99. The number of likely N-dealkylation sites (N-methyl/N-ethyl adjacent to an activating group) is 1. The smallest absolute Gasteiger partial charge is 0.337 e. The number of imide groups is 2. The van der Waals surface area contributed by atoms with Gasteiger partial charge in [-0.25, -0.2) is 9.59 Å². The maximum atomic E-state index is 12.7. The number of carboxylic acids is 1. The van der Waals surface area contributed by atoms with Gasteiger partial charge < -0.3 is 39.9 Å². The number of rotatable bonds is 15. The molecule has 1 spiro atoms. The Morgan fingerprint density at radius 3 is 2.08 bits per heavy atom. The second-order valence-electron chi connectivity index (χ2n) is 24.6. The number of amides is 4. The minimum Gasteiger partial charge on any atom is -0.508 e. The summed E-state index contributed by atoms with van der Waals surface area (Å²) in [6.07, 6.45) is 10.7. The summed E-state index contributed by atoms with van der Waals surface area (Å²) in [6, 6.07) is 31.5. The molecule has 5 heterocycles. The first-order valence-electron chi connectivity index (χ1n) is 30.2. The second kappa shape index (κ2) is 27.7. The number of benzene rings is 4. The molecule has 8 atom stereocenters. The van der Waals surface area contributed by atoms with Crippen molar-refractivity contribution >= 4 is 52.7 Å². The largest absolute Gasteiger partial charge is 0.508 e. The van der Waals surface area contributed by atoms with E-state index in [1.54, 1.807) is 18.2 Å². The number of allylic oxidation sites excluding steroid dienone is 1. The summed E-state index contributed by atoms with van der Waals surface area (Å²) < 4.78 is 6.04. The molecule has 17 nitrogen and oxygen atoms in total. The SMILES string of the molecule is C=CCC1(C(C)CC)C(=O)NC(=O)NC1=O.CC(CN1c2ccccc2Sc2ccccc21)N(C)C.CC[C@@H](c1cccc(O)c1)[C@@H](C)CN(C)C.O=C(O)c1cccnc1.O=C1CC[C@@]2(O)[C@H]3Cc4ccc(O)c5c4[C@@]2(CCN3CC2CC2)[C@H]1O5. The van der Waals surface area contributed by atoms with Crippen LogP contribution in [0.25, 0.3) is 0 Å². The Morgan fingerprint density at radius 2 is 1.53 bits per heavy atom. The van der Waals surface area contributed by atoms with Gasteiger partial charge in [0, 0.05) is 65.9 Å². The minimum absolute atomic E-state index is 0.0454. The Hall–Kier alpha value is -7.09. The van der Waals surface area contributed by atoms with E-state index in [0.717, 1.165) is 62.5 Å². The fourth-order valence-corrected chi connectivity index (χ4v) is 14.7. The number of aromatic nitrogens is 1. The van der Waals surface area contributed by atoms with Crippen LogP contribution in [0.15, 0.2) is 132 Å². The van der Waals surface area contributed by atoms with Gasteiger partial charge in [-0.3, -0.25) is 34.9 Å². The summed E-state index contributed by atoms with van der Waals surface area (Å²) in [5, 5.41) is 44.4. The maximum absolute atomic E-state index is 12.7. The average Bonchev–Trinajstić information content (AvgIpc) is 1.39. The summed E-state index contributed by atoms with van der Waals surface area (Å²) in [7, 11) is 8.49. The van der Waals surface area contributed by atoms with Crippen LogP contribution in [-0.2, 0) is 26.2 Å². The van der Waals surface area contributed by atoms with Crippen LogP contribution >= 0.6 is 11.8 Å². The first kappa shape index (κ1) is 64.9. The van der Waals surface area contributed by atoms with Gasteiger partial charge in [0.1, 0.15) is 11.2 Å². The van der Waals surface area contributed by atoms with Gasteiger partial charge in [0.25, 0.3) is 0 Å². The van der Waals surface area contributed by atoms with Crippen LogP contribution in [0.1, 0.15) is 119 Å². The monoisotopic (exact) mass is 1190 g/mol. The highest BCUT2D eigenvalue weighted by atomic mass is 32.2. The highest BCUT2D eigenvalue weighted by Crippen LogP contribution is 2.65. The molecule has 2 bridgehead atoms. The van der Waals surface area contributed by atoms with E-state index in [9.17, 15) is 39.3 Å². The zero-order valence-corrected chi connectivity index (χ0v) is 52.1. The van der Waals surface area contributed by atoms with Crippen LogP contribution in [0.5, 0.6) is 17.2 Å². The molecule has 0 radical (unpaired) electrons. The van der Waals surface area contributed by atoms with E-state index in [1.807, 2.05) is 43.8 Å². The molecule has 4 aromatic carbocycles. The van der Waals surface area contributed by atoms with E-state index < -0.39 is 46.3 Å². The molecular formula is C68H87N7O10S. The molecule has 2 saturated carbocycles. The van der Waals surface area contributed by atoms with Crippen molar-refractivity contribution in [1.29, 1.82) is 0 Å². The van der Waals surface area contributed by atoms with E-state index in [4.69, 9.17) is 9.84 Å². The van der Waals surface area contributed by atoms with Gasteiger partial charge in [0.2, 0.25) is 11.8 Å². The molecule has 6 N–H and O–H groups in total. The number of hydrogen-bond acceptors (Lipinski definition) is 15. The van der Waals surface area contributed by atoms with E-state index in [2.05, 4.69) is 145 Å². The lowest BCUT2D eigenvalue weighted by Crippen LogP contribution is -2.76. The van der Waals surface area contributed by atoms with Crippen molar-refractivity contribution in [3.05, 3.63) is 144 Å².